The van der Waals surface area contributed by atoms with Crippen molar-refractivity contribution < 1.29 is 28.6 Å². The monoisotopic (exact) mass is 797 g/mol. The Morgan fingerprint density at radius 3 is 1.07 bits per heavy atom. The van der Waals surface area contributed by atoms with Crippen LogP contribution >= 0.6 is 0 Å². The topological polar surface area (TPSA) is 78.9 Å². The standard InChI is InChI=1S/C51H88O6/c1-4-7-10-13-16-19-21-23-24-25-26-28-29-32-35-38-41-44-50(53)56-47-48(46-55-49(52)43-40-37-34-31-18-15-12-9-6-3)57-51(54)45-42-39-36-33-30-27-22-20-17-14-11-8-5-2/h7,10,16,19,23-24,26,28,32,35,48H,4-6,8-9,11-15,17-18,20-22,25,27,29-31,33-34,36-47H2,1-3H3/b10-7-,19-16-,24-23-,28-26-,35-32-. The first-order valence-electron chi connectivity index (χ1n) is 23.8. The quantitative estimate of drug-likeness (QED) is 0.0265. The second kappa shape index (κ2) is 45.8. The van der Waals surface area contributed by atoms with Crippen LogP contribution in [0.3, 0.4) is 0 Å². The fourth-order valence-electron chi connectivity index (χ4n) is 6.48. The summed E-state index contributed by atoms with van der Waals surface area (Å²) in [5, 5.41) is 0. The molecule has 0 spiro atoms. The molecule has 0 radical (unpaired) electrons. The fraction of sp³-hybridized carbons (Fsp3) is 0.745. The first-order valence-corrected chi connectivity index (χ1v) is 23.8. The summed E-state index contributed by atoms with van der Waals surface area (Å²) in [5.74, 6) is -0.952. The summed E-state index contributed by atoms with van der Waals surface area (Å²) in [5.41, 5.74) is 0. The summed E-state index contributed by atoms with van der Waals surface area (Å²) in [7, 11) is 0. The van der Waals surface area contributed by atoms with E-state index >= 15 is 0 Å². The second-order valence-corrected chi connectivity index (χ2v) is 15.6. The van der Waals surface area contributed by atoms with Crippen LogP contribution in [0.5, 0.6) is 0 Å². The third-order valence-electron chi connectivity index (χ3n) is 10.0. The molecule has 0 N–H and O–H groups in total. The van der Waals surface area contributed by atoms with Gasteiger partial charge in [-0.2, -0.15) is 0 Å². The van der Waals surface area contributed by atoms with Gasteiger partial charge in [-0.15, -0.1) is 0 Å². The number of allylic oxidation sites excluding steroid dienone is 10. The molecule has 0 saturated heterocycles. The van der Waals surface area contributed by atoms with Crippen molar-refractivity contribution in [3.8, 4) is 0 Å². The molecule has 0 saturated carbocycles. The summed E-state index contributed by atoms with van der Waals surface area (Å²) >= 11 is 0. The third kappa shape index (κ3) is 44.1. The lowest BCUT2D eigenvalue weighted by atomic mass is 10.0. The molecular weight excluding hydrogens is 709 g/mol. The molecule has 0 aliphatic rings. The van der Waals surface area contributed by atoms with Gasteiger partial charge in [-0.1, -0.05) is 210 Å². The van der Waals surface area contributed by atoms with Gasteiger partial charge >= 0.3 is 17.9 Å². The van der Waals surface area contributed by atoms with Gasteiger partial charge in [-0.25, -0.2) is 0 Å². The molecule has 0 fully saturated rings. The Morgan fingerprint density at radius 2 is 0.684 bits per heavy atom. The maximum Gasteiger partial charge on any atom is 0.306 e. The van der Waals surface area contributed by atoms with Gasteiger partial charge in [0, 0.05) is 19.3 Å². The van der Waals surface area contributed by atoms with Crippen molar-refractivity contribution in [1.29, 1.82) is 0 Å². The smallest absolute Gasteiger partial charge is 0.306 e. The zero-order valence-electron chi connectivity index (χ0n) is 37.3. The van der Waals surface area contributed by atoms with Crippen LogP contribution in [0.15, 0.2) is 60.8 Å². The molecule has 6 heteroatoms. The molecule has 0 heterocycles. The number of unbranched alkanes of at least 4 members (excludes halogenated alkanes) is 21. The molecule has 328 valence electrons. The van der Waals surface area contributed by atoms with E-state index in [2.05, 4.69) is 81.5 Å². The third-order valence-corrected chi connectivity index (χ3v) is 10.0. The number of ether oxygens (including phenoxy) is 3. The minimum atomic E-state index is -0.790. The predicted molar refractivity (Wildman–Crippen MR) is 242 cm³/mol. The SMILES string of the molecule is CC/C=C\C/C=C\C/C=C\C/C=C\C/C=C\CCCC(=O)OCC(COC(=O)CCCCCCCCCCC)OC(=O)CCCCCCCCCCCCCCC. The molecule has 0 amide bonds. The molecule has 57 heavy (non-hydrogen) atoms. The second-order valence-electron chi connectivity index (χ2n) is 15.6. The lowest BCUT2D eigenvalue weighted by molar-refractivity contribution is -0.167. The molecule has 0 aromatic heterocycles. The van der Waals surface area contributed by atoms with Crippen LogP contribution in [0.2, 0.25) is 0 Å². The van der Waals surface area contributed by atoms with E-state index in [1.165, 1.54) is 103 Å². The van der Waals surface area contributed by atoms with Crippen LogP contribution in [0.1, 0.15) is 226 Å². The van der Waals surface area contributed by atoms with Crippen LogP contribution in [-0.2, 0) is 28.6 Å². The molecule has 1 atom stereocenters. The molecule has 0 aromatic rings. The molecule has 0 rings (SSSR count). The van der Waals surface area contributed by atoms with Crippen LogP contribution in [0.25, 0.3) is 0 Å². The number of hydrogen-bond donors (Lipinski definition) is 0. The molecular formula is C51H88O6. The minimum Gasteiger partial charge on any atom is -0.462 e. The van der Waals surface area contributed by atoms with E-state index in [9.17, 15) is 14.4 Å². The Kier molecular flexibility index (Phi) is 43.5. The molecule has 0 aromatic carbocycles. The normalized spacial score (nSPS) is 12.5. The number of carbonyl (C=O) groups is 3. The molecule has 1 unspecified atom stereocenters. The van der Waals surface area contributed by atoms with Crippen molar-refractivity contribution in [2.45, 2.75) is 232 Å². The van der Waals surface area contributed by atoms with Crippen LogP contribution in [0.4, 0.5) is 0 Å². The largest absolute Gasteiger partial charge is 0.462 e. The van der Waals surface area contributed by atoms with Gasteiger partial charge in [-0.3, -0.25) is 14.4 Å². The lowest BCUT2D eigenvalue weighted by Crippen LogP contribution is -2.30. The summed E-state index contributed by atoms with van der Waals surface area (Å²) in [6.45, 7) is 6.45. The van der Waals surface area contributed by atoms with Crippen molar-refractivity contribution in [3.63, 3.8) is 0 Å². The molecule has 0 aliphatic heterocycles. The average Bonchev–Trinajstić information content (AvgIpc) is 3.21. The first kappa shape index (κ1) is 54.1. The van der Waals surface area contributed by atoms with Gasteiger partial charge in [0.05, 0.1) is 0 Å². The zero-order valence-corrected chi connectivity index (χ0v) is 37.3. The van der Waals surface area contributed by atoms with E-state index in [1.807, 2.05) is 0 Å². The van der Waals surface area contributed by atoms with Gasteiger partial charge in [0.15, 0.2) is 6.10 Å². The van der Waals surface area contributed by atoms with Gasteiger partial charge < -0.3 is 14.2 Å². The predicted octanol–water partition coefficient (Wildman–Crippen LogP) is 15.3. The maximum absolute atomic E-state index is 12.7. The summed E-state index contributed by atoms with van der Waals surface area (Å²) < 4.78 is 16.7. The molecule has 0 aliphatic carbocycles. The highest BCUT2D eigenvalue weighted by atomic mass is 16.6. The Labute approximate surface area is 351 Å². The number of rotatable bonds is 42. The van der Waals surface area contributed by atoms with Crippen molar-refractivity contribution in [2.24, 2.45) is 0 Å². The van der Waals surface area contributed by atoms with Crippen molar-refractivity contribution in [3.05, 3.63) is 60.8 Å². The Balaban J connectivity index is 4.43. The van der Waals surface area contributed by atoms with Crippen LogP contribution in [0, 0.1) is 0 Å². The highest BCUT2D eigenvalue weighted by Crippen LogP contribution is 2.15. The van der Waals surface area contributed by atoms with Crippen LogP contribution < -0.4 is 0 Å². The van der Waals surface area contributed by atoms with Gasteiger partial charge in [-0.05, 0) is 57.8 Å². The molecule has 0 bridgehead atoms. The van der Waals surface area contributed by atoms with Gasteiger partial charge in [0.25, 0.3) is 0 Å². The average molecular weight is 797 g/mol. The zero-order chi connectivity index (χ0) is 41.5. The van der Waals surface area contributed by atoms with Crippen LogP contribution in [-0.4, -0.2) is 37.2 Å². The van der Waals surface area contributed by atoms with E-state index in [-0.39, 0.29) is 37.5 Å². The van der Waals surface area contributed by atoms with E-state index in [0.717, 1.165) is 77.0 Å². The van der Waals surface area contributed by atoms with Crippen molar-refractivity contribution in [2.75, 3.05) is 13.2 Å². The minimum absolute atomic E-state index is 0.0894. The number of carbonyl (C=O) groups excluding carboxylic acids is 3. The fourth-order valence-corrected chi connectivity index (χ4v) is 6.48. The maximum atomic E-state index is 12.7. The first-order chi connectivity index (χ1) is 28.0. The summed E-state index contributed by atoms with van der Waals surface area (Å²) in [6, 6.07) is 0. The molecule has 6 nitrogen and oxygen atoms in total. The lowest BCUT2D eigenvalue weighted by Gasteiger charge is -2.18. The highest BCUT2D eigenvalue weighted by molar-refractivity contribution is 5.71. The van der Waals surface area contributed by atoms with E-state index < -0.39 is 6.10 Å². The Bertz CT molecular complexity index is 1050. The van der Waals surface area contributed by atoms with Crippen molar-refractivity contribution in [1.82, 2.24) is 0 Å². The number of esters is 3. The van der Waals surface area contributed by atoms with Gasteiger partial charge in [0.2, 0.25) is 0 Å². The van der Waals surface area contributed by atoms with Gasteiger partial charge in [0.1, 0.15) is 13.2 Å². The Morgan fingerprint density at radius 1 is 0.368 bits per heavy atom. The Hall–Kier alpha value is -2.89. The van der Waals surface area contributed by atoms with Crippen molar-refractivity contribution >= 4 is 17.9 Å². The highest BCUT2D eigenvalue weighted by Gasteiger charge is 2.19. The van der Waals surface area contributed by atoms with E-state index in [0.29, 0.717) is 19.3 Å². The van der Waals surface area contributed by atoms with E-state index in [4.69, 9.17) is 14.2 Å². The van der Waals surface area contributed by atoms with E-state index in [1.54, 1.807) is 0 Å². The summed E-state index contributed by atoms with van der Waals surface area (Å²) in [4.78, 5) is 37.7. The summed E-state index contributed by atoms with van der Waals surface area (Å²) in [6.07, 6.45) is 54.9. The number of hydrogen-bond acceptors (Lipinski definition) is 6.